The van der Waals surface area contributed by atoms with E-state index in [0.717, 1.165) is 5.56 Å². The van der Waals surface area contributed by atoms with E-state index in [1.54, 1.807) is 39.0 Å². The van der Waals surface area contributed by atoms with Gasteiger partial charge in [0.1, 0.15) is 0 Å². The second-order valence-corrected chi connectivity index (χ2v) is 5.38. The van der Waals surface area contributed by atoms with Crippen LogP contribution in [0.4, 0.5) is 11.4 Å². The Hall–Kier alpha value is -1.27. The zero-order chi connectivity index (χ0) is 13.1. The second kappa shape index (κ2) is 5.37. The van der Waals surface area contributed by atoms with E-state index in [9.17, 15) is 8.42 Å². The smallest absolute Gasteiger partial charge is 0.301 e. The second-order valence-electron chi connectivity index (χ2n) is 3.71. The lowest BCUT2D eigenvalue weighted by molar-refractivity contribution is 0.449. The van der Waals surface area contributed by atoms with Crippen LogP contribution in [-0.4, -0.2) is 25.8 Å². The number of nitrogens with two attached hydrogens (primary N) is 1. The minimum atomic E-state index is -3.49. The molecular formula is C11H19N3O2S. The lowest BCUT2D eigenvalue weighted by Crippen LogP contribution is -2.35. The minimum absolute atomic E-state index is 0.438. The fraction of sp³-hybridized carbons (Fsp3) is 0.455. The molecule has 0 saturated carbocycles. The molecule has 0 unspecified atom stereocenters. The van der Waals surface area contributed by atoms with Crippen LogP contribution >= 0.6 is 0 Å². The van der Waals surface area contributed by atoms with Gasteiger partial charge in [0, 0.05) is 18.8 Å². The Kier molecular flexibility index (Phi) is 4.36. The number of nitrogen functional groups attached to an aromatic ring is 1. The van der Waals surface area contributed by atoms with Crippen molar-refractivity contribution in [2.24, 2.45) is 0 Å². The van der Waals surface area contributed by atoms with Crippen LogP contribution in [0, 0.1) is 6.92 Å². The van der Waals surface area contributed by atoms with Gasteiger partial charge in [-0.15, -0.1) is 0 Å². The standard InChI is InChI=1S/C11H19N3O2S/c1-4-14(5-2)17(15,16)13-11-8-6-7-10(12)9(11)3/h6-8,13H,4-5,12H2,1-3H3. The van der Waals surface area contributed by atoms with Crippen LogP contribution < -0.4 is 10.5 Å². The summed E-state index contributed by atoms with van der Waals surface area (Å²) in [5, 5.41) is 0. The predicted molar refractivity (Wildman–Crippen MR) is 71.1 cm³/mol. The molecule has 0 fully saturated rings. The molecule has 0 aromatic heterocycles. The average molecular weight is 257 g/mol. The first-order valence-electron chi connectivity index (χ1n) is 5.55. The molecule has 17 heavy (non-hydrogen) atoms. The molecule has 0 atom stereocenters. The van der Waals surface area contributed by atoms with Crippen molar-refractivity contribution in [2.45, 2.75) is 20.8 Å². The van der Waals surface area contributed by atoms with Gasteiger partial charge in [-0.3, -0.25) is 4.72 Å². The first kappa shape index (κ1) is 13.8. The third-order valence-electron chi connectivity index (χ3n) is 2.66. The largest absolute Gasteiger partial charge is 0.398 e. The van der Waals surface area contributed by atoms with Crippen molar-refractivity contribution in [3.63, 3.8) is 0 Å². The normalized spacial score (nSPS) is 11.8. The fourth-order valence-corrected chi connectivity index (χ4v) is 2.84. The lowest BCUT2D eigenvalue weighted by Gasteiger charge is -2.20. The molecule has 96 valence electrons. The van der Waals surface area contributed by atoms with Crippen LogP contribution in [-0.2, 0) is 10.2 Å². The maximum Gasteiger partial charge on any atom is 0.301 e. The van der Waals surface area contributed by atoms with Crippen molar-refractivity contribution in [3.8, 4) is 0 Å². The van der Waals surface area contributed by atoms with Gasteiger partial charge in [0.15, 0.2) is 0 Å². The van der Waals surface area contributed by atoms with E-state index in [0.29, 0.717) is 24.5 Å². The number of hydrogen-bond donors (Lipinski definition) is 2. The molecule has 1 aromatic carbocycles. The van der Waals surface area contributed by atoms with Crippen LogP contribution in [0.5, 0.6) is 0 Å². The van der Waals surface area contributed by atoms with Gasteiger partial charge < -0.3 is 5.73 Å². The SMILES string of the molecule is CCN(CC)S(=O)(=O)Nc1cccc(N)c1C. The number of anilines is 2. The van der Waals surface area contributed by atoms with Crippen molar-refractivity contribution in [1.29, 1.82) is 0 Å². The van der Waals surface area contributed by atoms with Gasteiger partial charge in [0.25, 0.3) is 0 Å². The molecule has 0 aliphatic carbocycles. The summed E-state index contributed by atoms with van der Waals surface area (Å²) in [4.78, 5) is 0. The third-order valence-corrected chi connectivity index (χ3v) is 4.33. The van der Waals surface area contributed by atoms with E-state index in [1.807, 2.05) is 0 Å². The number of hydrogen-bond acceptors (Lipinski definition) is 3. The Morgan fingerprint density at radius 1 is 1.29 bits per heavy atom. The number of benzene rings is 1. The van der Waals surface area contributed by atoms with Crippen molar-refractivity contribution >= 4 is 21.6 Å². The molecule has 5 nitrogen and oxygen atoms in total. The molecule has 1 aromatic rings. The molecule has 0 amide bonds. The molecule has 0 aliphatic heterocycles. The summed E-state index contributed by atoms with van der Waals surface area (Å²) < 4.78 is 27.9. The molecule has 0 bridgehead atoms. The van der Waals surface area contributed by atoms with E-state index in [4.69, 9.17) is 5.73 Å². The Labute approximate surface area is 103 Å². The Balaban J connectivity index is 3.02. The Morgan fingerprint density at radius 3 is 2.41 bits per heavy atom. The van der Waals surface area contributed by atoms with Crippen LogP contribution in [0.3, 0.4) is 0 Å². The first-order chi connectivity index (χ1) is 7.92. The van der Waals surface area contributed by atoms with Gasteiger partial charge >= 0.3 is 10.2 Å². The van der Waals surface area contributed by atoms with Crippen molar-refractivity contribution in [1.82, 2.24) is 4.31 Å². The molecule has 0 spiro atoms. The quantitative estimate of drug-likeness (QED) is 0.786. The van der Waals surface area contributed by atoms with Crippen LogP contribution in [0.2, 0.25) is 0 Å². The predicted octanol–water partition coefficient (Wildman–Crippen LogP) is 1.58. The van der Waals surface area contributed by atoms with E-state index < -0.39 is 10.2 Å². The highest BCUT2D eigenvalue weighted by atomic mass is 32.2. The topological polar surface area (TPSA) is 75.4 Å². The molecule has 1 rings (SSSR count). The van der Waals surface area contributed by atoms with Gasteiger partial charge in [0.05, 0.1) is 5.69 Å². The van der Waals surface area contributed by atoms with Crippen molar-refractivity contribution in [3.05, 3.63) is 23.8 Å². The van der Waals surface area contributed by atoms with Gasteiger partial charge in [-0.1, -0.05) is 19.9 Å². The lowest BCUT2D eigenvalue weighted by atomic mass is 10.2. The summed E-state index contributed by atoms with van der Waals surface area (Å²) in [7, 11) is -3.49. The number of nitrogens with one attached hydrogen (secondary N) is 1. The molecule has 3 N–H and O–H groups in total. The zero-order valence-corrected chi connectivity index (χ0v) is 11.2. The van der Waals surface area contributed by atoms with Crippen LogP contribution in [0.1, 0.15) is 19.4 Å². The summed E-state index contributed by atoms with van der Waals surface area (Å²) in [6, 6.07) is 5.17. The van der Waals surface area contributed by atoms with Gasteiger partial charge in [-0.2, -0.15) is 12.7 Å². The maximum absolute atomic E-state index is 12.0. The highest BCUT2D eigenvalue weighted by Gasteiger charge is 2.19. The average Bonchev–Trinajstić information content (AvgIpc) is 2.26. The summed E-state index contributed by atoms with van der Waals surface area (Å²) in [6.07, 6.45) is 0. The third kappa shape index (κ3) is 3.10. The number of rotatable bonds is 5. The summed E-state index contributed by atoms with van der Waals surface area (Å²) in [6.45, 7) is 6.26. The molecule has 0 radical (unpaired) electrons. The molecular weight excluding hydrogens is 238 g/mol. The summed E-state index contributed by atoms with van der Waals surface area (Å²) in [5.74, 6) is 0. The van der Waals surface area contributed by atoms with Gasteiger partial charge in [0.2, 0.25) is 0 Å². The van der Waals surface area contributed by atoms with Crippen molar-refractivity contribution < 1.29 is 8.42 Å². The van der Waals surface area contributed by atoms with E-state index in [2.05, 4.69) is 4.72 Å². The summed E-state index contributed by atoms with van der Waals surface area (Å²) in [5.41, 5.74) is 7.57. The van der Waals surface area contributed by atoms with Crippen molar-refractivity contribution in [2.75, 3.05) is 23.5 Å². The molecule has 0 heterocycles. The molecule has 6 heteroatoms. The maximum atomic E-state index is 12.0. The highest BCUT2D eigenvalue weighted by molar-refractivity contribution is 7.90. The van der Waals surface area contributed by atoms with Crippen LogP contribution in [0.15, 0.2) is 18.2 Å². The Morgan fingerprint density at radius 2 is 1.88 bits per heavy atom. The monoisotopic (exact) mass is 257 g/mol. The van der Waals surface area contributed by atoms with Gasteiger partial charge in [-0.25, -0.2) is 0 Å². The van der Waals surface area contributed by atoms with E-state index >= 15 is 0 Å². The first-order valence-corrected chi connectivity index (χ1v) is 6.99. The Bertz CT molecular complexity index is 481. The fourth-order valence-electron chi connectivity index (χ4n) is 1.53. The van der Waals surface area contributed by atoms with Gasteiger partial charge in [-0.05, 0) is 24.6 Å². The van der Waals surface area contributed by atoms with E-state index in [-0.39, 0.29) is 0 Å². The number of nitrogens with zero attached hydrogens (tertiary/aromatic N) is 1. The summed E-state index contributed by atoms with van der Waals surface area (Å²) >= 11 is 0. The molecule has 0 saturated heterocycles. The minimum Gasteiger partial charge on any atom is -0.398 e. The molecule has 0 aliphatic rings. The van der Waals surface area contributed by atoms with Crippen LogP contribution in [0.25, 0.3) is 0 Å². The van der Waals surface area contributed by atoms with E-state index in [1.165, 1.54) is 4.31 Å². The highest BCUT2D eigenvalue weighted by Crippen LogP contribution is 2.22. The zero-order valence-electron chi connectivity index (χ0n) is 10.4.